The Labute approximate surface area is 144 Å². The van der Waals surface area contributed by atoms with Crippen molar-refractivity contribution < 1.29 is 9.59 Å². The maximum absolute atomic E-state index is 12.0. The predicted molar refractivity (Wildman–Crippen MR) is 89.2 cm³/mol. The number of nitrogens with zero attached hydrogens (tertiary/aromatic N) is 2. The Hall–Kier alpha value is -1.52. The second kappa shape index (κ2) is 7.16. The molecular formula is C12H14BrN5O2S2. The van der Waals surface area contributed by atoms with Crippen LogP contribution in [0.3, 0.4) is 0 Å². The first kappa shape index (κ1) is 16.8. The van der Waals surface area contributed by atoms with E-state index in [1.54, 1.807) is 30.7 Å². The van der Waals surface area contributed by atoms with Crippen LogP contribution in [-0.4, -0.2) is 32.6 Å². The largest absolute Gasteiger partial charge is 0.347 e. The molecule has 2 rings (SSSR count). The topological polar surface area (TPSA) is 91.8 Å². The molecule has 0 aliphatic heterocycles. The van der Waals surface area contributed by atoms with Crippen LogP contribution < -0.4 is 10.6 Å². The third-order valence-electron chi connectivity index (χ3n) is 2.93. The molecule has 2 amide bonds. The van der Waals surface area contributed by atoms with Crippen molar-refractivity contribution in [3.63, 3.8) is 0 Å². The first-order chi connectivity index (χ1) is 10.4. The second-order valence-electron chi connectivity index (χ2n) is 4.52. The van der Waals surface area contributed by atoms with Gasteiger partial charge in [0.25, 0.3) is 5.91 Å². The summed E-state index contributed by atoms with van der Waals surface area (Å²) in [5.74, 6) is 0.0356. The van der Waals surface area contributed by atoms with Crippen LogP contribution in [0.15, 0.2) is 15.9 Å². The highest BCUT2D eigenvalue weighted by Gasteiger charge is 2.18. The minimum absolute atomic E-state index is 0.229. The molecule has 0 radical (unpaired) electrons. The van der Waals surface area contributed by atoms with Crippen LogP contribution in [0.25, 0.3) is 0 Å². The van der Waals surface area contributed by atoms with E-state index in [-0.39, 0.29) is 18.4 Å². The molecule has 2 aromatic rings. The van der Waals surface area contributed by atoms with E-state index in [1.807, 2.05) is 0 Å². The summed E-state index contributed by atoms with van der Waals surface area (Å²) in [6, 6.07) is 2.83. The van der Waals surface area contributed by atoms with Crippen molar-refractivity contribution in [1.82, 2.24) is 25.4 Å². The molecule has 3 N–H and O–H groups in total. The fourth-order valence-corrected chi connectivity index (χ4v) is 3.07. The number of thiophene rings is 1. The number of amides is 2. The number of hydrogen-bond donors (Lipinski definition) is 3. The van der Waals surface area contributed by atoms with E-state index in [1.165, 1.54) is 11.3 Å². The molecule has 2 aromatic heterocycles. The number of hydrogen-bond acceptors (Lipinski definition) is 5. The summed E-state index contributed by atoms with van der Waals surface area (Å²) >= 11 is 9.59. The van der Waals surface area contributed by atoms with E-state index >= 15 is 0 Å². The SMILES string of the molecule is CC(NC(=O)c1ccc(Br)s1)C(=O)NCc1n[nH]c(=S)n1C. The summed E-state index contributed by atoms with van der Waals surface area (Å²) in [6.45, 7) is 1.85. The van der Waals surface area contributed by atoms with Gasteiger partial charge in [0.1, 0.15) is 6.04 Å². The van der Waals surface area contributed by atoms with Gasteiger partial charge in [0.2, 0.25) is 5.91 Å². The van der Waals surface area contributed by atoms with E-state index in [0.717, 1.165) is 3.79 Å². The smallest absolute Gasteiger partial charge is 0.262 e. The normalized spacial score (nSPS) is 12.0. The third kappa shape index (κ3) is 4.02. The molecule has 0 aliphatic carbocycles. The molecule has 22 heavy (non-hydrogen) atoms. The molecule has 0 aliphatic rings. The highest BCUT2D eigenvalue weighted by Crippen LogP contribution is 2.21. The molecule has 0 fully saturated rings. The summed E-state index contributed by atoms with van der Waals surface area (Å²) in [4.78, 5) is 24.5. The Morgan fingerprint density at radius 1 is 1.55 bits per heavy atom. The van der Waals surface area contributed by atoms with Gasteiger partial charge in [-0.15, -0.1) is 11.3 Å². The number of rotatable bonds is 5. The predicted octanol–water partition coefficient (Wildman–Crippen LogP) is 1.74. The molecule has 7 nitrogen and oxygen atoms in total. The van der Waals surface area contributed by atoms with Crippen LogP contribution in [0.2, 0.25) is 0 Å². The van der Waals surface area contributed by atoms with Crippen molar-refractivity contribution in [2.45, 2.75) is 19.5 Å². The quantitative estimate of drug-likeness (QED) is 0.662. The summed E-state index contributed by atoms with van der Waals surface area (Å²) in [5.41, 5.74) is 0. The van der Waals surface area contributed by atoms with Gasteiger partial charge in [-0.1, -0.05) is 0 Å². The van der Waals surface area contributed by atoms with Crippen LogP contribution in [0.5, 0.6) is 0 Å². The highest BCUT2D eigenvalue weighted by molar-refractivity contribution is 9.11. The van der Waals surface area contributed by atoms with Gasteiger partial charge in [-0.05, 0) is 47.2 Å². The zero-order valence-electron chi connectivity index (χ0n) is 11.8. The number of aromatic amines is 1. The molecule has 2 heterocycles. The average Bonchev–Trinajstić information content (AvgIpc) is 3.04. The third-order valence-corrected chi connectivity index (χ3v) is 4.92. The van der Waals surface area contributed by atoms with Crippen molar-refractivity contribution >= 4 is 51.3 Å². The van der Waals surface area contributed by atoms with Gasteiger partial charge in [0.05, 0.1) is 15.2 Å². The van der Waals surface area contributed by atoms with Crippen LogP contribution in [0.4, 0.5) is 0 Å². The average molecular weight is 404 g/mol. The Morgan fingerprint density at radius 2 is 2.27 bits per heavy atom. The van der Waals surface area contributed by atoms with Crippen LogP contribution >= 0.6 is 39.5 Å². The molecule has 0 bridgehead atoms. The lowest BCUT2D eigenvalue weighted by atomic mass is 10.3. The van der Waals surface area contributed by atoms with Crippen molar-refractivity contribution in [3.05, 3.63) is 31.4 Å². The summed E-state index contributed by atoms with van der Waals surface area (Å²) < 4.78 is 3.01. The van der Waals surface area contributed by atoms with E-state index in [0.29, 0.717) is 15.5 Å². The lowest BCUT2D eigenvalue weighted by molar-refractivity contribution is -0.122. The molecule has 1 unspecified atom stereocenters. The van der Waals surface area contributed by atoms with Gasteiger partial charge in [0.15, 0.2) is 10.6 Å². The minimum Gasteiger partial charge on any atom is -0.347 e. The standard InChI is InChI=1S/C12H14BrN5O2S2/c1-6(15-11(20)7-3-4-8(13)22-7)10(19)14-5-9-16-17-12(21)18(9)2/h3-4,6H,5H2,1-2H3,(H,14,19)(H,15,20)(H,17,21). The summed E-state index contributed by atoms with van der Waals surface area (Å²) in [5, 5.41) is 12.0. The van der Waals surface area contributed by atoms with Crippen LogP contribution in [0, 0.1) is 4.77 Å². The van der Waals surface area contributed by atoms with Gasteiger partial charge >= 0.3 is 0 Å². The fourth-order valence-electron chi connectivity index (χ4n) is 1.63. The highest BCUT2D eigenvalue weighted by atomic mass is 79.9. The van der Waals surface area contributed by atoms with E-state index in [4.69, 9.17) is 12.2 Å². The molecule has 1 atom stereocenters. The Kier molecular flexibility index (Phi) is 5.48. The first-order valence-corrected chi connectivity index (χ1v) is 8.34. The molecular weight excluding hydrogens is 390 g/mol. The van der Waals surface area contributed by atoms with Crippen molar-refractivity contribution in [2.75, 3.05) is 0 Å². The van der Waals surface area contributed by atoms with Crippen molar-refractivity contribution in [1.29, 1.82) is 0 Å². The molecule has 0 saturated carbocycles. The number of carbonyl (C=O) groups excluding carboxylic acids is 2. The van der Waals surface area contributed by atoms with E-state index in [9.17, 15) is 9.59 Å². The van der Waals surface area contributed by atoms with Gasteiger partial charge < -0.3 is 15.2 Å². The Morgan fingerprint density at radius 3 is 2.82 bits per heavy atom. The van der Waals surface area contributed by atoms with Gasteiger partial charge in [-0.3, -0.25) is 14.7 Å². The Balaban J connectivity index is 1.88. The number of nitrogens with one attached hydrogen (secondary N) is 3. The van der Waals surface area contributed by atoms with E-state index < -0.39 is 6.04 Å². The first-order valence-electron chi connectivity index (χ1n) is 6.32. The van der Waals surface area contributed by atoms with Crippen LogP contribution in [0.1, 0.15) is 22.4 Å². The molecule has 0 spiro atoms. The molecule has 10 heteroatoms. The van der Waals surface area contributed by atoms with Crippen LogP contribution in [-0.2, 0) is 18.4 Å². The summed E-state index contributed by atoms with van der Waals surface area (Å²) in [7, 11) is 1.76. The van der Waals surface area contributed by atoms with Gasteiger partial charge in [0, 0.05) is 7.05 Å². The maximum atomic E-state index is 12.0. The number of H-pyrrole nitrogens is 1. The van der Waals surface area contributed by atoms with Crippen molar-refractivity contribution in [2.24, 2.45) is 7.05 Å². The zero-order chi connectivity index (χ0) is 16.3. The number of carbonyl (C=O) groups is 2. The molecule has 0 saturated heterocycles. The summed E-state index contributed by atoms with van der Waals surface area (Å²) in [6.07, 6.45) is 0. The number of halogens is 1. The number of aromatic nitrogens is 3. The second-order valence-corrected chi connectivity index (χ2v) is 7.37. The molecule has 0 aromatic carbocycles. The van der Waals surface area contributed by atoms with Gasteiger partial charge in [-0.2, -0.15) is 5.10 Å². The minimum atomic E-state index is -0.652. The van der Waals surface area contributed by atoms with E-state index in [2.05, 4.69) is 36.8 Å². The monoisotopic (exact) mass is 403 g/mol. The lowest BCUT2D eigenvalue weighted by Crippen LogP contribution is -2.44. The van der Waals surface area contributed by atoms with Gasteiger partial charge in [-0.25, -0.2) is 0 Å². The maximum Gasteiger partial charge on any atom is 0.262 e. The lowest BCUT2D eigenvalue weighted by Gasteiger charge is -2.13. The van der Waals surface area contributed by atoms with Crippen molar-refractivity contribution in [3.8, 4) is 0 Å². The molecule has 118 valence electrons. The Bertz CT molecular complexity index is 751. The zero-order valence-corrected chi connectivity index (χ0v) is 15.1. The fraction of sp³-hybridized carbons (Fsp3) is 0.333.